The van der Waals surface area contributed by atoms with E-state index in [9.17, 15) is 18.8 Å². The molecule has 2 aromatic carbocycles. The molecule has 0 spiro atoms. The molecule has 1 atom stereocenters. The van der Waals surface area contributed by atoms with Gasteiger partial charge in [-0.25, -0.2) is 9.37 Å². The van der Waals surface area contributed by atoms with Crippen molar-refractivity contribution in [2.45, 2.75) is 58.4 Å². The van der Waals surface area contributed by atoms with Crippen LogP contribution in [0.5, 0.6) is 0 Å². The van der Waals surface area contributed by atoms with Gasteiger partial charge in [0.25, 0.3) is 5.56 Å². The molecule has 33 heavy (non-hydrogen) atoms. The number of nitrogens with zero attached hydrogens (tertiary/aromatic N) is 2. The van der Waals surface area contributed by atoms with Gasteiger partial charge in [0.15, 0.2) is 5.78 Å². The van der Waals surface area contributed by atoms with Crippen molar-refractivity contribution in [2.75, 3.05) is 0 Å². The van der Waals surface area contributed by atoms with Crippen LogP contribution in [0, 0.1) is 19.7 Å². The zero-order chi connectivity index (χ0) is 23.7. The van der Waals surface area contributed by atoms with E-state index in [-0.39, 0.29) is 42.2 Å². The second-order valence-electron chi connectivity index (χ2n) is 8.89. The Morgan fingerprint density at radius 3 is 2.73 bits per heavy atom. The van der Waals surface area contributed by atoms with E-state index in [2.05, 4.69) is 11.6 Å². The van der Waals surface area contributed by atoms with E-state index in [4.69, 9.17) is 0 Å². The maximum absolute atomic E-state index is 13.8. The molecule has 1 fully saturated rings. The summed E-state index contributed by atoms with van der Waals surface area (Å²) in [5.74, 6) is 0.136. The Kier molecular flexibility index (Phi) is 6.36. The number of aromatic nitrogens is 2. The first-order valence-corrected chi connectivity index (χ1v) is 11.2. The van der Waals surface area contributed by atoms with E-state index < -0.39 is 6.04 Å². The van der Waals surface area contributed by atoms with Gasteiger partial charge in [-0.1, -0.05) is 36.4 Å². The van der Waals surface area contributed by atoms with Gasteiger partial charge in [0, 0.05) is 19.3 Å². The molecule has 0 aliphatic heterocycles. The van der Waals surface area contributed by atoms with E-state index in [1.165, 1.54) is 10.6 Å². The molecule has 1 unspecified atom stereocenters. The summed E-state index contributed by atoms with van der Waals surface area (Å²) in [4.78, 5) is 43.3. The molecule has 0 bridgehead atoms. The molecule has 0 amide bonds. The second kappa shape index (κ2) is 9.22. The molecule has 4 rings (SSSR count). The average molecular weight is 447 g/mol. The van der Waals surface area contributed by atoms with Crippen LogP contribution in [0.25, 0.3) is 10.9 Å². The van der Waals surface area contributed by atoms with E-state index >= 15 is 0 Å². The number of ketones is 2. The Morgan fingerprint density at radius 1 is 1.21 bits per heavy atom. The highest BCUT2D eigenvalue weighted by Crippen LogP contribution is 2.28. The van der Waals surface area contributed by atoms with Crippen LogP contribution < -0.4 is 5.56 Å². The molecule has 5 nitrogen and oxygen atoms in total. The van der Waals surface area contributed by atoms with Crippen LogP contribution in [0.15, 0.2) is 53.3 Å². The lowest BCUT2D eigenvalue weighted by Crippen LogP contribution is -2.35. The summed E-state index contributed by atoms with van der Waals surface area (Å²) in [5, 5.41) is 0.453. The number of hydrogen-bond acceptors (Lipinski definition) is 4. The van der Waals surface area contributed by atoms with Crippen LogP contribution in [-0.2, 0) is 22.4 Å². The minimum absolute atomic E-state index is 0.0180. The molecule has 0 N–H and O–H groups in total. The van der Waals surface area contributed by atoms with Crippen LogP contribution in [0.4, 0.5) is 4.39 Å². The molecule has 0 radical (unpaired) electrons. The first-order chi connectivity index (χ1) is 15.7. The fourth-order valence-corrected chi connectivity index (χ4v) is 4.56. The summed E-state index contributed by atoms with van der Waals surface area (Å²) in [5.41, 5.74) is 3.12. The summed E-state index contributed by atoms with van der Waals surface area (Å²) in [6.07, 6.45) is 2.27. The molecular weight excluding hydrogens is 419 g/mol. The standard InChI is InChI=1S/C27H27FN2O3/c1-16-7-12-24(25(32)13-16)30-18(3)29-23-6-4-5-20(26(23)27(30)33)10-11-21(31)14-19-9-8-17(2)22(28)15-19/h4-6,8-9,15,24H,1,7,10-14H2,2-3H3. The average Bonchev–Trinajstić information content (AvgIpc) is 2.76. The number of allylic oxidation sites excluding steroid dienone is 1. The lowest BCUT2D eigenvalue weighted by atomic mass is 9.90. The Hall–Kier alpha value is -3.41. The number of benzene rings is 2. The highest BCUT2D eigenvalue weighted by molar-refractivity contribution is 5.87. The number of halogens is 1. The SMILES string of the molecule is C=C1CCC(n2c(C)nc3cccc(CCC(=O)Cc4ccc(C)c(F)c4)c3c2=O)C(=O)C1. The first-order valence-electron chi connectivity index (χ1n) is 11.2. The van der Waals surface area contributed by atoms with Crippen LogP contribution in [0.2, 0.25) is 0 Å². The monoisotopic (exact) mass is 446 g/mol. The number of hydrogen-bond donors (Lipinski definition) is 0. The van der Waals surface area contributed by atoms with E-state index in [1.54, 1.807) is 32.0 Å². The van der Waals surface area contributed by atoms with E-state index in [0.29, 0.717) is 47.1 Å². The third-order valence-corrected chi connectivity index (χ3v) is 6.38. The quantitative estimate of drug-likeness (QED) is 0.513. The molecule has 1 aliphatic carbocycles. The van der Waals surface area contributed by atoms with Gasteiger partial charge < -0.3 is 0 Å². The topological polar surface area (TPSA) is 69.0 Å². The molecular formula is C27H27FN2O3. The van der Waals surface area contributed by atoms with Crippen molar-refractivity contribution in [1.82, 2.24) is 9.55 Å². The maximum Gasteiger partial charge on any atom is 0.262 e. The Bertz CT molecular complexity index is 1340. The predicted molar refractivity (Wildman–Crippen MR) is 126 cm³/mol. The predicted octanol–water partition coefficient (Wildman–Crippen LogP) is 4.75. The Balaban J connectivity index is 1.61. The summed E-state index contributed by atoms with van der Waals surface area (Å²) >= 11 is 0. The zero-order valence-electron chi connectivity index (χ0n) is 19.0. The molecule has 0 saturated heterocycles. The lowest BCUT2D eigenvalue weighted by Gasteiger charge is -2.26. The van der Waals surface area contributed by atoms with Crippen LogP contribution >= 0.6 is 0 Å². The minimum Gasteiger partial charge on any atom is -0.299 e. The van der Waals surface area contributed by atoms with Crippen LogP contribution in [0.1, 0.15) is 54.2 Å². The van der Waals surface area contributed by atoms with Crippen LogP contribution in [0.3, 0.4) is 0 Å². The van der Waals surface area contributed by atoms with Crippen molar-refractivity contribution in [1.29, 1.82) is 0 Å². The zero-order valence-corrected chi connectivity index (χ0v) is 19.0. The number of aryl methyl sites for hydroxylation is 3. The number of Topliss-reactive ketones (excluding diaryl/α,β-unsaturated/α-hetero) is 2. The van der Waals surface area contributed by atoms with Crippen molar-refractivity contribution < 1.29 is 14.0 Å². The lowest BCUT2D eigenvalue weighted by molar-refractivity contribution is -0.122. The van der Waals surface area contributed by atoms with Gasteiger partial charge in [-0.15, -0.1) is 0 Å². The fourth-order valence-electron chi connectivity index (χ4n) is 4.56. The smallest absolute Gasteiger partial charge is 0.262 e. The van der Waals surface area contributed by atoms with Crippen molar-refractivity contribution in [2.24, 2.45) is 0 Å². The fraction of sp³-hybridized carbons (Fsp3) is 0.333. The van der Waals surface area contributed by atoms with E-state index in [1.807, 2.05) is 12.1 Å². The normalized spacial score (nSPS) is 16.4. The number of rotatable bonds is 6. The largest absolute Gasteiger partial charge is 0.299 e. The molecule has 1 aliphatic rings. The third-order valence-electron chi connectivity index (χ3n) is 6.38. The molecule has 1 heterocycles. The second-order valence-corrected chi connectivity index (χ2v) is 8.89. The Morgan fingerprint density at radius 2 is 2.00 bits per heavy atom. The van der Waals surface area contributed by atoms with Gasteiger partial charge in [0.05, 0.1) is 16.9 Å². The van der Waals surface area contributed by atoms with Crippen molar-refractivity contribution >= 4 is 22.5 Å². The van der Waals surface area contributed by atoms with Gasteiger partial charge in [-0.2, -0.15) is 0 Å². The van der Waals surface area contributed by atoms with E-state index in [0.717, 1.165) is 11.1 Å². The number of carbonyl (C=O) groups excluding carboxylic acids is 2. The maximum atomic E-state index is 13.8. The van der Waals surface area contributed by atoms with Crippen LogP contribution in [-0.4, -0.2) is 21.1 Å². The number of carbonyl (C=O) groups is 2. The highest BCUT2D eigenvalue weighted by atomic mass is 19.1. The summed E-state index contributed by atoms with van der Waals surface area (Å²) in [6.45, 7) is 7.33. The van der Waals surface area contributed by atoms with Gasteiger partial charge in [0.2, 0.25) is 0 Å². The molecule has 170 valence electrons. The summed E-state index contributed by atoms with van der Waals surface area (Å²) in [7, 11) is 0. The summed E-state index contributed by atoms with van der Waals surface area (Å²) < 4.78 is 15.3. The molecule has 6 heteroatoms. The highest BCUT2D eigenvalue weighted by Gasteiger charge is 2.28. The minimum atomic E-state index is -0.536. The first kappa shape index (κ1) is 22.8. The van der Waals surface area contributed by atoms with Gasteiger partial charge in [-0.3, -0.25) is 19.0 Å². The van der Waals surface area contributed by atoms with Gasteiger partial charge in [-0.05, 0) is 61.9 Å². The van der Waals surface area contributed by atoms with Gasteiger partial charge in [0.1, 0.15) is 17.4 Å². The van der Waals surface area contributed by atoms with Crippen molar-refractivity contribution in [3.8, 4) is 0 Å². The van der Waals surface area contributed by atoms with Gasteiger partial charge >= 0.3 is 0 Å². The Labute approximate surface area is 192 Å². The molecule has 3 aromatic rings. The third kappa shape index (κ3) is 4.70. The number of fused-ring (bicyclic) bond motifs is 1. The van der Waals surface area contributed by atoms with Crippen molar-refractivity contribution in [3.05, 3.63) is 87.2 Å². The van der Waals surface area contributed by atoms with Crippen molar-refractivity contribution in [3.63, 3.8) is 0 Å². The summed E-state index contributed by atoms with van der Waals surface area (Å²) in [6, 6.07) is 9.71. The molecule has 1 aromatic heterocycles. The molecule has 1 saturated carbocycles.